The summed E-state index contributed by atoms with van der Waals surface area (Å²) < 4.78 is 52.7. The van der Waals surface area contributed by atoms with Crippen molar-refractivity contribution in [2.75, 3.05) is 17.7 Å². The molecule has 0 spiro atoms. The Balaban J connectivity index is 1.74. The Bertz CT molecular complexity index is 1560. The number of aryl methyl sites for hydroxylation is 2. The quantitative estimate of drug-likeness (QED) is 0.243. The molecule has 12 heteroatoms. The van der Waals surface area contributed by atoms with Gasteiger partial charge in [0.05, 0.1) is 30.1 Å². The van der Waals surface area contributed by atoms with Gasteiger partial charge in [-0.25, -0.2) is 14.8 Å². The largest absolute Gasteiger partial charge is 0.496 e. The number of anilines is 2. The number of halogens is 3. The van der Waals surface area contributed by atoms with Gasteiger partial charge in [0.2, 0.25) is 0 Å². The van der Waals surface area contributed by atoms with Gasteiger partial charge in [-0.3, -0.25) is 10.1 Å². The van der Waals surface area contributed by atoms with Crippen LogP contribution in [0.5, 0.6) is 5.75 Å². The molecule has 9 nitrogen and oxygen atoms in total. The van der Waals surface area contributed by atoms with Crippen LogP contribution in [0.4, 0.5) is 29.5 Å². The molecule has 0 bridgehead atoms. The lowest BCUT2D eigenvalue weighted by molar-refractivity contribution is -0.143. The maximum atomic E-state index is 13.9. The SMILES string of the molecule is COc1cc2nc(C)nc(N[C@H](C)c3cc(NC(=O)OC(C)(C)C)cc(C(F)(F)F)c3)c2c(C)c1C1CCC(C(=O)O)CC1. The normalized spacial score (nSPS) is 18.0. The molecule has 0 radical (unpaired) electrons. The molecule has 3 aromatic rings. The number of ether oxygens (including phenoxy) is 2. The number of fused-ring (bicyclic) bond motifs is 1. The van der Waals surface area contributed by atoms with Crippen molar-refractivity contribution < 1.29 is 37.3 Å². The van der Waals surface area contributed by atoms with Crippen LogP contribution in [-0.2, 0) is 15.7 Å². The van der Waals surface area contributed by atoms with E-state index < -0.39 is 35.4 Å². The van der Waals surface area contributed by atoms with Gasteiger partial charge in [-0.2, -0.15) is 13.2 Å². The Hall–Kier alpha value is -4.09. The molecule has 1 aliphatic carbocycles. The fraction of sp³-hybridized carbons (Fsp3) is 0.500. The van der Waals surface area contributed by atoms with E-state index in [0.29, 0.717) is 54.0 Å². The molecule has 0 aliphatic heterocycles. The van der Waals surface area contributed by atoms with Crippen LogP contribution >= 0.6 is 0 Å². The standard InChI is InChI=1S/C32H39F3N4O5/c1-16-26(19-8-10-20(11-9-19)29(40)41)25(43-7)15-24-27(16)28(38-18(3)37-24)36-17(2)21-12-22(32(33,34)35)14-23(13-21)39-30(42)44-31(4,5)6/h12-15,17,19-20H,8-11H2,1-7H3,(H,39,42)(H,40,41)(H,36,37,38)/t17-,19?,20?/m1/s1. The van der Waals surface area contributed by atoms with Gasteiger partial charge in [-0.1, -0.05) is 0 Å². The monoisotopic (exact) mass is 616 g/mol. The van der Waals surface area contributed by atoms with Crippen molar-refractivity contribution in [2.24, 2.45) is 5.92 Å². The van der Waals surface area contributed by atoms with Crippen molar-refractivity contribution in [1.29, 1.82) is 0 Å². The molecule has 1 aromatic heterocycles. The summed E-state index contributed by atoms with van der Waals surface area (Å²) in [6.07, 6.45) is -3.03. The fourth-order valence-electron chi connectivity index (χ4n) is 5.85. The molecule has 44 heavy (non-hydrogen) atoms. The van der Waals surface area contributed by atoms with E-state index in [9.17, 15) is 27.9 Å². The van der Waals surface area contributed by atoms with Crippen LogP contribution < -0.4 is 15.4 Å². The highest BCUT2D eigenvalue weighted by Crippen LogP contribution is 2.45. The number of carboxylic acid groups (broad SMARTS) is 1. The van der Waals surface area contributed by atoms with E-state index >= 15 is 0 Å². The molecule has 1 saturated carbocycles. The van der Waals surface area contributed by atoms with Gasteiger partial charge < -0.3 is 19.9 Å². The fourth-order valence-corrected chi connectivity index (χ4v) is 5.85. The van der Waals surface area contributed by atoms with Crippen LogP contribution in [0.15, 0.2) is 24.3 Å². The minimum absolute atomic E-state index is 0.0541. The molecule has 238 valence electrons. The van der Waals surface area contributed by atoms with Gasteiger partial charge in [-0.15, -0.1) is 0 Å². The predicted molar refractivity (Wildman–Crippen MR) is 161 cm³/mol. The molecule has 3 N–H and O–H groups in total. The summed E-state index contributed by atoms with van der Waals surface area (Å²) in [6, 6.07) is 4.54. The molecular formula is C32H39F3N4O5. The van der Waals surface area contributed by atoms with Crippen molar-refractivity contribution in [2.45, 2.75) is 91.0 Å². The molecule has 1 aliphatic rings. The summed E-state index contributed by atoms with van der Waals surface area (Å²) in [5.41, 5.74) is 0.901. The van der Waals surface area contributed by atoms with Gasteiger partial charge in [-0.05, 0) is 102 Å². The minimum atomic E-state index is -4.65. The number of aromatic nitrogens is 2. The Kier molecular flexibility index (Phi) is 9.32. The smallest absolute Gasteiger partial charge is 0.416 e. The number of carbonyl (C=O) groups excluding carboxylic acids is 1. The number of nitrogens with one attached hydrogen (secondary N) is 2. The third-order valence-electron chi connectivity index (χ3n) is 7.85. The van der Waals surface area contributed by atoms with E-state index in [4.69, 9.17) is 9.47 Å². The van der Waals surface area contributed by atoms with E-state index in [1.165, 1.54) is 6.07 Å². The number of benzene rings is 2. The van der Waals surface area contributed by atoms with Crippen molar-refractivity contribution >= 4 is 34.5 Å². The van der Waals surface area contributed by atoms with E-state index in [0.717, 1.165) is 23.3 Å². The lowest BCUT2D eigenvalue weighted by atomic mass is 9.76. The summed E-state index contributed by atoms with van der Waals surface area (Å²) in [5.74, 6) is 0.473. The molecule has 1 atom stereocenters. The minimum Gasteiger partial charge on any atom is -0.496 e. The van der Waals surface area contributed by atoms with Crippen LogP contribution in [0.1, 0.15) is 93.4 Å². The first-order valence-corrected chi connectivity index (χ1v) is 14.5. The summed E-state index contributed by atoms with van der Waals surface area (Å²) >= 11 is 0. The number of methoxy groups -OCH3 is 1. The Morgan fingerprint density at radius 2 is 1.68 bits per heavy atom. The topological polar surface area (TPSA) is 123 Å². The third kappa shape index (κ3) is 7.51. The second-order valence-electron chi connectivity index (χ2n) is 12.4. The van der Waals surface area contributed by atoms with Crippen LogP contribution in [0, 0.1) is 19.8 Å². The number of alkyl halides is 3. The maximum absolute atomic E-state index is 13.9. The summed E-state index contributed by atoms with van der Waals surface area (Å²) in [7, 11) is 1.58. The summed E-state index contributed by atoms with van der Waals surface area (Å²) in [6.45, 7) is 10.4. The number of carboxylic acids is 1. The number of hydrogen-bond acceptors (Lipinski definition) is 7. The number of nitrogens with zero attached hydrogens (tertiary/aromatic N) is 2. The average Bonchev–Trinajstić information content (AvgIpc) is 2.90. The van der Waals surface area contributed by atoms with Gasteiger partial charge in [0.1, 0.15) is 23.0 Å². The summed E-state index contributed by atoms with van der Waals surface area (Å²) in [4.78, 5) is 33.1. The average molecular weight is 617 g/mol. The molecule has 2 aromatic carbocycles. The number of rotatable bonds is 7. The number of aliphatic carboxylic acids is 1. The molecule has 4 rings (SSSR count). The van der Waals surface area contributed by atoms with Crippen molar-refractivity contribution in [3.05, 3.63) is 52.3 Å². The summed E-state index contributed by atoms with van der Waals surface area (Å²) in [5, 5.41) is 15.9. The molecule has 1 amide bonds. The zero-order chi connectivity index (χ0) is 32.6. The van der Waals surface area contributed by atoms with Crippen molar-refractivity contribution in [1.82, 2.24) is 9.97 Å². The lowest BCUT2D eigenvalue weighted by Crippen LogP contribution is -2.27. The molecule has 1 fully saturated rings. The second-order valence-corrected chi connectivity index (χ2v) is 12.4. The van der Waals surface area contributed by atoms with Crippen LogP contribution in [0.2, 0.25) is 0 Å². The van der Waals surface area contributed by atoms with Crippen LogP contribution in [0.25, 0.3) is 10.9 Å². The number of carbonyl (C=O) groups is 2. The number of amides is 1. The van der Waals surface area contributed by atoms with E-state index in [1.54, 1.807) is 41.7 Å². The highest BCUT2D eigenvalue weighted by Gasteiger charge is 2.33. The first kappa shape index (κ1) is 32.8. The van der Waals surface area contributed by atoms with Gasteiger partial charge in [0.15, 0.2) is 0 Å². The predicted octanol–water partition coefficient (Wildman–Crippen LogP) is 8.15. The second kappa shape index (κ2) is 12.5. The molecule has 0 saturated heterocycles. The number of hydrogen-bond donors (Lipinski definition) is 3. The first-order valence-electron chi connectivity index (χ1n) is 14.5. The van der Waals surface area contributed by atoms with Crippen LogP contribution in [0.3, 0.4) is 0 Å². The highest BCUT2D eigenvalue weighted by molar-refractivity contribution is 5.94. The first-order chi connectivity index (χ1) is 20.5. The Labute approximate surface area is 254 Å². The zero-order valence-corrected chi connectivity index (χ0v) is 26.0. The van der Waals surface area contributed by atoms with Gasteiger partial charge in [0, 0.05) is 22.7 Å². The van der Waals surface area contributed by atoms with Gasteiger partial charge >= 0.3 is 18.2 Å². The van der Waals surface area contributed by atoms with Crippen molar-refractivity contribution in [3.63, 3.8) is 0 Å². The van der Waals surface area contributed by atoms with Crippen molar-refractivity contribution in [3.8, 4) is 5.75 Å². The van der Waals surface area contributed by atoms with E-state index in [-0.39, 0.29) is 23.1 Å². The molecular weight excluding hydrogens is 577 g/mol. The Morgan fingerprint density at radius 3 is 2.25 bits per heavy atom. The van der Waals surface area contributed by atoms with E-state index in [1.807, 2.05) is 13.0 Å². The molecule has 1 heterocycles. The Morgan fingerprint density at radius 1 is 1.02 bits per heavy atom. The zero-order valence-electron chi connectivity index (χ0n) is 26.0. The van der Waals surface area contributed by atoms with E-state index in [2.05, 4.69) is 20.6 Å². The van der Waals surface area contributed by atoms with Gasteiger partial charge in [0.25, 0.3) is 0 Å². The van der Waals surface area contributed by atoms with Crippen LogP contribution in [-0.4, -0.2) is 39.8 Å². The third-order valence-corrected chi connectivity index (χ3v) is 7.85. The molecule has 0 unspecified atom stereocenters. The highest BCUT2D eigenvalue weighted by atomic mass is 19.4. The maximum Gasteiger partial charge on any atom is 0.416 e. The lowest BCUT2D eigenvalue weighted by Gasteiger charge is -2.29.